The molecule has 6 heteroatoms. The number of para-hydroxylation sites is 2. The van der Waals surface area contributed by atoms with Crippen molar-refractivity contribution < 1.29 is 0 Å². The van der Waals surface area contributed by atoms with Crippen molar-refractivity contribution >= 4 is 90.7 Å². The number of amidine groups is 1. The topological polar surface area (TPSA) is 41.4 Å². The van der Waals surface area contributed by atoms with Gasteiger partial charge in [-0.3, -0.25) is 5.32 Å². The lowest BCUT2D eigenvalue weighted by Gasteiger charge is -2.32. The summed E-state index contributed by atoms with van der Waals surface area (Å²) in [5.41, 5.74) is 9.62. The lowest BCUT2D eigenvalue weighted by Crippen LogP contribution is -2.45. The Morgan fingerprint density at radius 2 is 1.04 bits per heavy atom. The molecule has 1 aliphatic heterocycles. The standard InChI is InChI=1S/C51H34N4S2/c1-3-14-31(15-4-1)49-52-50(32-16-5-2-6-17-32)54-51(53-49)40-24-13-27-45-46(40)39-23-12-21-37(48(39)57-45)36-20-11-22-38-41-30-33(28-29-44(41)56-47(36)38)55-42-25-9-7-18-34(42)35-19-8-10-26-43(35)55/h1-30,49-50,52H,(H,53,54). The second-order valence-corrected chi connectivity index (χ2v) is 16.8. The first-order valence-corrected chi connectivity index (χ1v) is 21.0. The minimum Gasteiger partial charge on any atom is -0.350 e. The number of nitrogens with zero attached hydrogens (tertiary/aromatic N) is 2. The number of rotatable bonds is 5. The number of hydrogen-bond acceptors (Lipinski definition) is 5. The fraction of sp³-hybridized carbons (Fsp3) is 0.0392. The SMILES string of the molecule is c1ccc(C2N=C(c3cccc4sc5c(-c6cccc7c6sc6ccc(-n8c9ccccc9c9ccccc98)cc67)cccc5c34)NC(c3ccccc3)N2)cc1. The number of thiophene rings is 2. The van der Waals surface area contributed by atoms with E-state index in [4.69, 9.17) is 4.99 Å². The van der Waals surface area contributed by atoms with Gasteiger partial charge in [-0.2, -0.15) is 0 Å². The summed E-state index contributed by atoms with van der Waals surface area (Å²) < 4.78 is 7.58. The van der Waals surface area contributed by atoms with E-state index in [9.17, 15) is 0 Å². The van der Waals surface area contributed by atoms with Crippen LogP contribution in [0.15, 0.2) is 187 Å². The van der Waals surface area contributed by atoms with Crippen LogP contribution in [0, 0.1) is 0 Å². The van der Waals surface area contributed by atoms with E-state index in [-0.39, 0.29) is 12.3 Å². The zero-order valence-electron chi connectivity index (χ0n) is 30.7. The van der Waals surface area contributed by atoms with Crippen LogP contribution in [0.3, 0.4) is 0 Å². The van der Waals surface area contributed by atoms with Crippen LogP contribution in [0.5, 0.6) is 0 Å². The van der Waals surface area contributed by atoms with E-state index in [2.05, 4.69) is 197 Å². The highest BCUT2D eigenvalue weighted by atomic mass is 32.1. The second kappa shape index (κ2) is 13.0. The average Bonchev–Trinajstić information content (AvgIpc) is 3.96. The zero-order chi connectivity index (χ0) is 37.5. The molecule has 270 valence electrons. The van der Waals surface area contributed by atoms with Crippen molar-refractivity contribution in [2.45, 2.75) is 12.3 Å². The van der Waals surface area contributed by atoms with Gasteiger partial charge in [-0.25, -0.2) is 4.99 Å². The average molecular weight is 767 g/mol. The highest BCUT2D eigenvalue weighted by molar-refractivity contribution is 7.27. The molecule has 4 heterocycles. The molecule has 2 atom stereocenters. The van der Waals surface area contributed by atoms with Crippen LogP contribution in [-0.2, 0) is 0 Å². The Morgan fingerprint density at radius 1 is 0.456 bits per heavy atom. The molecule has 0 saturated heterocycles. The van der Waals surface area contributed by atoms with Gasteiger partial charge in [0.15, 0.2) is 0 Å². The molecular weight excluding hydrogens is 733 g/mol. The van der Waals surface area contributed by atoms with E-state index in [1.165, 1.54) is 84.5 Å². The molecule has 4 nitrogen and oxygen atoms in total. The Bertz CT molecular complexity index is 3320. The number of benzene rings is 8. The maximum Gasteiger partial charge on any atom is 0.132 e. The fourth-order valence-electron chi connectivity index (χ4n) is 8.91. The summed E-state index contributed by atoms with van der Waals surface area (Å²) in [6.45, 7) is 0. The van der Waals surface area contributed by atoms with Gasteiger partial charge in [-0.1, -0.05) is 146 Å². The number of hydrogen-bond donors (Lipinski definition) is 2. The van der Waals surface area contributed by atoms with Crippen LogP contribution in [-0.4, -0.2) is 10.4 Å². The predicted molar refractivity (Wildman–Crippen MR) is 243 cm³/mol. The van der Waals surface area contributed by atoms with Gasteiger partial charge in [0.05, 0.1) is 11.0 Å². The van der Waals surface area contributed by atoms with Gasteiger partial charge in [0.25, 0.3) is 0 Å². The molecule has 0 radical (unpaired) electrons. The van der Waals surface area contributed by atoms with E-state index >= 15 is 0 Å². The molecule has 0 aliphatic carbocycles. The van der Waals surface area contributed by atoms with Crippen LogP contribution in [0.25, 0.3) is 79.0 Å². The predicted octanol–water partition coefficient (Wildman–Crippen LogP) is 13.5. The van der Waals surface area contributed by atoms with E-state index in [0.29, 0.717) is 0 Å². The van der Waals surface area contributed by atoms with Crippen molar-refractivity contribution in [2.75, 3.05) is 0 Å². The first kappa shape index (κ1) is 32.7. The summed E-state index contributed by atoms with van der Waals surface area (Å²) in [5, 5.41) is 15.2. The first-order chi connectivity index (χ1) is 28.3. The van der Waals surface area contributed by atoms with Crippen molar-refractivity contribution in [1.82, 2.24) is 15.2 Å². The summed E-state index contributed by atoms with van der Waals surface area (Å²) >= 11 is 3.77. The smallest absolute Gasteiger partial charge is 0.132 e. The largest absolute Gasteiger partial charge is 0.350 e. The third-order valence-corrected chi connectivity index (χ3v) is 13.9. The minimum atomic E-state index is -0.190. The zero-order valence-corrected chi connectivity index (χ0v) is 32.3. The molecule has 0 bridgehead atoms. The number of aliphatic imine (C=N–C) groups is 1. The van der Waals surface area contributed by atoms with Gasteiger partial charge < -0.3 is 9.88 Å². The van der Waals surface area contributed by atoms with Crippen molar-refractivity contribution in [1.29, 1.82) is 0 Å². The summed E-state index contributed by atoms with van der Waals surface area (Å²) in [7, 11) is 0. The summed E-state index contributed by atoms with van der Waals surface area (Å²) in [5.74, 6) is 0.901. The maximum absolute atomic E-state index is 5.34. The van der Waals surface area contributed by atoms with Crippen molar-refractivity contribution in [3.63, 3.8) is 0 Å². The summed E-state index contributed by atoms with van der Waals surface area (Å²) in [6, 6.07) is 65.9. The highest BCUT2D eigenvalue weighted by Crippen LogP contribution is 2.46. The van der Waals surface area contributed by atoms with Crippen molar-refractivity contribution in [3.05, 3.63) is 199 Å². The van der Waals surface area contributed by atoms with Crippen LogP contribution in [0.4, 0.5) is 0 Å². The Morgan fingerprint density at radius 3 is 1.77 bits per heavy atom. The number of fused-ring (bicyclic) bond motifs is 9. The van der Waals surface area contributed by atoms with E-state index in [1.54, 1.807) is 0 Å². The molecule has 3 aromatic heterocycles. The molecule has 1 aliphatic rings. The Kier molecular flexibility index (Phi) is 7.45. The molecule has 0 saturated carbocycles. The van der Waals surface area contributed by atoms with Gasteiger partial charge in [0.2, 0.25) is 0 Å². The molecular formula is C51H34N4S2. The van der Waals surface area contributed by atoms with E-state index in [1.807, 2.05) is 22.7 Å². The van der Waals surface area contributed by atoms with Crippen LogP contribution in [0.1, 0.15) is 29.0 Å². The highest BCUT2D eigenvalue weighted by Gasteiger charge is 2.27. The van der Waals surface area contributed by atoms with Crippen molar-refractivity contribution in [2.24, 2.45) is 4.99 Å². The van der Waals surface area contributed by atoms with Gasteiger partial charge in [-0.15, -0.1) is 22.7 Å². The minimum absolute atomic E-state index is 0.0966. The normalized spacial score (nSPS) is 15.9. The van der Waals surface area contributed by atoms with Crippen LogP contribution >= 0.6 is 22.7 Å². The van der Waals surface area contributed by atoms with E-state index < -0.39 is 0 Å². The van der Waals surface area contributed by atoms with Crippen LogP contribution < -0.4 is 10.6 Å². The Hall–Kier alpha value is -6.57. The maximum atomic E-state index is 5.34. The molecule has 2 unspecified atom stereocenters. The third-order valence-electron chi connectivity index (χ3n) is 11.5. The van der Waals surface area contributed by atoms with Gasteiger partial charge in [-0.05, 0) is 47.5 Å². The Labute approximate surface area is 337 Å². The molecule has 2 N–H and O–H groups in total. The van der Waals surface area contributed by atoms with Gasteiger partial charge in [0.1, 0.15) is 18.2 Å². The molecule has 8 aromatic carbocycles. The summed E-state index contributed by atoms with van der Waals surface area (Å²) in [4.78, 5) is 5.34. The van der Waals surface area contributed by atoms with Gasteiger partial charge >= 0.3 is 0 Å². The Balaban J connectivity index is 1.01. The molecule has 0 amide bonds. The monoisotopic (exact) mass is 766 g/mol. The lowest BCUT2D eigenvalue weighted by atomic mass is 9.98. The first-order valence-electron chi connectivity index (χ1n) is 19.4. The van der Waals surface area contributed by atoms with E-state index in [0.717, 1.165) is 17.0 Å². The molecule has 11 aromatic rings. The summed E-state index contributed by atoms with van der Waals surface area (Å²) in [6.07, 6.45) is -0.287. The fourth-order valence-corrected chi connectivity index (χ4v) is 11.4. The number of aromatic nitrogens is 1. The molecule has 0 spiro atoms. The lowest BCUT2D eigenvalue weighted by molar-refractivity contribution is 0.409. The molecule has 12 rings (SSSR count). The molecule has 0 fully saturated rings. The van der Waals surface area contributed by atoms with Crippen molar-refractivity contribution in [3.8, 4) is 16.8 Å². The second-order valence-electron chi connectivity index (χ2n) is 14.7. The van der Waals surface area contributed by atoms with Crippen LogP contribution in [0.2, 0.25) is 0 Å². The number of nitrogens with one attached hydrogen (secondary N) is 2. The quantitative estimate of drug-likeness (QED) is 0.183. The van der Waals surface area contributed by atoms with Gasteiger partial charge in [0, 0.05) is 73.5 Å². The molecule has 57 heavy (non-hydrogen) atoms. The third kappa shape index (κ3) is 5.19.